The smallest absolute Gasteiger partial charge is 0.336 e. The Balaban J connectivity index is 2.20. The number of rotatable bonds is 6. The second-order valence-electron chi connectivity index (χ2n) is 6.94. The summed E-state index contributed by atoms with van der Waals surface area (Å²) in [6, 6.07) is 18.8. The molecule has 0 aliphatic carbocycles. The fourth-order valence-corrected chi connectivity index (χ4v) is 3.49. The van der Waals surface area contributed by atoms with E-state index in [1.54, 1.807) is 6.07 Å². The van der Waals surface area contributed by atoms with Crippen LogP contribution < -0.4 is 0 Å². The zero-order valence-corrected chi connectivity index (χ0v) is 15.9. The Morgan fingerprint density at radius 2 is 1.21 bits per heavy atom. The molecule has 0 atom stereocenters. The van der Waals surface area contributed by atoms with Gasteiger partial charge in [-0.2, -0.15) is 0 Å². The number of hydrogen-bond donors (Lipinski definition) is 2. The Morgan fingerprint density at radius 1 is 0.679 bits per heavy atom. The molecule has 3 aromatic rings. The van der Waals surface area contributed by atoms with Gasteiger partial charge in [-0.25, -0.2) is 9.59 Å². The summed E-state index contributed by atoms with van der Waals surface area (Å²) in [6.45, 7) is 3.98. The van der Waals surface area contributed by atoms with E-state index in [1.807, 2.05) is 62.4 Å². The predicted octanol–water partition coefficient (Wildman–Crippen LogP) is 4.88. The Bertz CT molecular complexity index is 1050. The predicted molar refractivity (Wildman–Crippen MR) is 108 cm³/mol. The molecule has 0 heterocycles. The molecular weight excluding hydrogens is 352 g/mol. The molecule has 0 amide bonds. The molecule has 0 fully saturated rings. The number of carbonyl (C=O) groups is 2. The van der Waals surface area contributed by atoms with Crippen LogP contribution >= 0.6 is 0 Å². The van der Waals surface area contributed by atoms with Crippen LogP contribution in [-0.2, 0) is 12.8 Å². The summed E-state index contributed by atoms with van der Waals surface area (Å²) in [7, 11) is 0. The third-order valence-corrected chi connectivity index (χ3v) is 5.12. The summed E-state index contributed by atoms with van der Waals surface area (Å²) in [5.74, 6) is -2.45. The van der Waals surface area contributed by atoms with Gasteiger partial charge in [0.25, 0.3) is 0 Å². The molecule has 0 radical (unpaired) electrons. The van der Waals surface area contributed by atoms with Crippen molar-refractivity contribution in [1.82, 2.24) is 0 Å². The summed E-state index contributed by atoms with van der Waals surface area (Å²) in [5.41, 5.74) is 5.33. The van der Waals surface area contributed by atoms with E-state index in [9.17, 15) is 19.8 Å². The van der Waals surface area contributed by atoms with E-state index in [4.69, 9.17) is 0 Å². The molecule has 0 aromatic heterocycles. The second-order valence-corrected chi connectivity index (χ2v) is 6.94. The molecule has 0 saturated heterocycles. The van der Waals surface area contributed by atoms with Gasteiger partial charge < -0.3 is 10.2 Å². The van der Waals surface area contributed by atoms with Gasteiger partial charge in [-0.1, -0.05) is 54.6 Å². The normalized spacial score (nSPS) is 10.6. The first kappa shape index (κ1) is 19.4. The topological polar surface area (TPSA) is 74.6 Å². The van der Waals surface area contributed by atoms with E-state index in [1.165, 1.54) is 6.07 Å². The summed E-state index contributed by atoms with van der Waals surface area (Å²) in [4.78, 5) is 23.7. The Morgan fingerprint density at radius 3 is 1.71 bits per heavy atom. The molecule has 142 valence electrons. The molecule has 28 heavy (non-hydrogen) atoms. The Hall–Kier alpha value is -3.40. The molecule has 4 nitrogen and oxygen atoms in total. The summed E-state index contributed by atoms with van der Waals surface area (Å²) in [5, 5.41) is 19.3. The summed E-state index contributed by atoms with van der Waals surface area (Å²) in [6.07, 6.45) is 0.921. The maximum absolute atomic E-state index is 12.0. The van der Waals surface area contributed by atoms with Crippen LogP contribution in [0, 0.1) is 13.8 Å². The van der Waals surface area contributed by atoms with Gasteiger partial charge in [-0.15, -0.1) is 0 Å². The SMILES string of the molecule is Cc1ccccc1Cc1ccc(C(=O)O)c(C(=O)O)c1Cc1ccccc1C. The van der Waals surface area contributed by atoms with Crippen molar-refractivity contribution >= 4 is 11.9 Å². The van der Waals surface area contributed by atoms with Gasteiger partial charge in [-0.3, -0.25) is 0 Å². The fraction of sp³-hybridized carbons (Fsp3) is 0.167. The molecule has 0 aliphatic heterocycles. The lowest BCUT2D eigenvalue weighted by Crippen LogP contribution is -2.15. The van der Waals surface area contributed by atoms with Crippen LogP contribution in [0.5, 0.6) is 0 Å². The largest absolute Gasteiger partial charge is 0.478 e. The van der Waals surface area contributed by atoms with E-state index in [2.05, 4.69) is 0 Å². The molecule has 0 unspecified atom stereocenters. The van der Waals surface area contributed by atoms with Crippen molar-refractivity contribution in [3.8, 4) is 0 Å². The Kier molecular flexibility index (Phi) is 5.59. The minimum absolute atomic E-state index is 0.123. The van der Waals surface area contributed by atoms with Crippen molar-refractivity contribution in [3.05, 3.63) is 105 Å². The molecule has 0 spiro atoms. The van der Waals surface area contributed by atoms with Gasteiger partial charge in [-0.05, 0) is 66.1 Å². The molecular formula is C24H22O4. The van der Waals surface area contributed by atoms with Crippen molar-refractivity contribution in [2.75, 3.05) is 0 Å². The van der Waals surface area contributed by atoms with Crippen molar-refractivity contribution in [2.24, 2.45) is 0 Å². The third kappa shape index (κ3) is 3.96. The minimum Gasteiger partial charge on any atom is -0.478 e. The number of benzene rings is 3. The zero-order chi connectivity index (χ0) is 20.3. The lowest BCUT2D eigenvalue weighted by molar-refractivity contribution is 0.0650. The van der Waals surface area contributed by atoms with E-state index in [0.29, 0.717) is 18.4 Å². The average molecular weight is 374 g/mol. The average Bonchev–Trinajstić information content (AvgIpc) is 2.65. The second kappa shape index (κ2) is 8.09. The van der Waals surface area contributed by atoms with E-state index in [0.717, 1.165) is 27.8 Å². The first-order valence-corrected chi connectivity index (χ1v) is 9.09. The monoisotopic (exact) mass is 374 g/mol. The van der Waals surface area contributed by atoms with Gasteiger partial charge in [0.1, 0.15) is 0 Å². The standard InChI is InChI=1S/C24H22O4/c1-15-7-3-5-9-17(15)13-19-11-12-20(23(25)26)22(24(27)28)21(19)14-18-10-6-4-8-16(18)2/h3-12H,13-14H2,1-2H3,(H,25,26)(H,27,28). The number of aryl methyl sites for hydroxylation is 2. The van der Waals surface area contributed by atoms with E-state index in [-0.39, 0.29) is 11.1 Å². The van der Waals surface area contributed by atoms with Gasteiger partial charge in [0.2, 0.25) is 0 Å². The fourth-order valence-electron chi connectivity index (χ4n) is 3.49. The molecule has 3 aromatic carbocycles. The molecule has 0 saturated carbocycles. The molecule has 0 aliphatic rings. The number of aromatic carboxylic acids is 2. The third-order valence-electron chi connectivity index (χ3n) is 5.12. The van der Waals surface area contributed by atoms with E-state index >= 15 is 0 Å². The van der Waals surface area contributed by atoms with Crippen molar-refractivity contribution in [3.63, 3.8) is 0 Å². The molecule has 3 rings (SSSR count). The Labute approximate surface area is 164 Å². The lowest BCUT2D eigenvalue weighted by atomic mass is 9.87. The van der Waals surface area contributed by atoms with Gasteiger partial charge >= 0.3 is 11.9 Å². The maximum atomic E-state index is 12.0. The highest BCUT2D eigenvalue weighted by atomic mass is 16.4. The first-order valence-electron chi connectivity index (χ1n) is 9.09. The zero-order valence-electron chi connectivity index (χ0n) is 15.9. The van der Waals surface area contributed by atoms with Gasteiger partial charge in [0, 0.05) is 0 Å². The van der Waals surface area contributed by atoms with Crippen LogP contribution in [-0.4, -0.2) is 22.2 Å². The summed E-state index contributed by atoms with van der Waals surface area (Å²) < 4.78 is 0. The lowest BCUT2D eigenvalue weighted by Gasteiger charge is -2.17. The number of carboxylic acid groups (broad SMARTS) is 2. The highest BCUT2D eigenvalue weighted by molar-refractivity contribution is 6.03. The highest BCUT2D eigenvalue weighted by Crippen LogP contribution is 2.27. The van der Waals surface area contributed by atoms with Crippen LogP contribution in [0.4, 0.5) is 0 Å². The van der Waals surface area contributed by atoms with Crippen LogP contribution in [0.15, 0.2) is 60.7 Å². The van der Waals surface area contributed by atoms with Crippen LogP contribution in [0.2, 0.25) is 0 Å². The van der Waals surface area contributed by atoms with Crippen LogP contribution in [0.1, 0.15) is 54.1 Å². The van der Waals surface area contributed by atoms with Crippen molar-refractivity contribution < 1.29 is 19.8 Å². The van der Waals surface area contributed by atoms with Gasteiger partial charge in [0.15, 0.2) is 0 Å². The first-order chi connectivity index (χ1) is 13.4. The number of hydrogen-bond acceptors (Lipinski definition) is 2. The van der Waals surface area contributed by atoms with Crippen LogP contribution in [0.3, 0.4) is 0 Å². The van der Waals surface area contributed by atoms with E-state index < -0.39 is 11.9 Å². The molecule has 2 N–H and O–H groups in total. The number of carboxylic acids is 2. The van der Waals surface area contributed by atoms with Crippen molar-refractivity contribution in [2.45, 2.75) is 26.7 Å². The molecule has 0 bridgehead atoms. The highest BCUT2D eigenvalue weighted by Gasteiger charge is 2.23. The molecule has 4 heteroatoms. The minimum atomic E-state index is -1.23. The maximum Gasteiger partial charge on any atom is 0.336 e. The van der Waals surface area contributed by atoms with Crippen molar-refractivity contribution in [1.29, 1.82) is 0 Å². The van der Waals surface area contributed by atoms with Crippen LogP contribution in [0.25, 0.3) is 0 Å². The van der Waals surface area contributed by atoms with Gasteiger partial charge in [0.05, 0.1) is 11.1 Å². The summed E-state index contributed by atoms with van der Waals surface area (Å²) >= 11 is 0. The quantitative estimate of drug-likeness (QED) is 0.645.